The zero-order valence-electron chi connectivity index (χ0n) is 7.36. The van der Waals surface area contributed by atoms with E-state index in [1.807, 2.05) is 24.8 Å². The summed E-state index contributed by atoms with van der Waals surface area (Å²) in [7, 11) is 0. The molecule has 0 spiro atoms. The van der Waals surface area contributed by atoms with E-state index in [9.17, 15) is 0 Å². The van der Waals surface area contributed by atoms with Crippen LogP contribution in [-0.4, -0.2) is 9.38 Å². The highest BCUT2D eigenvalue weighted by molar-refractivity contribution is 5.55. The van der Waals surface area contributed by atoms with Crippen LogP contribution in [0.4, 0.5) is 0 Å². The standard InChI is InChI=1S/C10H12N2/c1-8(2)9-6-11-7-12-5-3-4-10(9)12/h3-8H,1-2H3. The highest BCUT2D eigenvalue weighted by atomic mass is 14.9. The van der Waals surface area contributed by atoms with Crippen LogP contribution in [0.1, 0.15) is 25.3 Å². The van der Waals surface area contributed by atoms with Crippen molar-refractivity contribution in [1.29, 1.82) is 0 Å². The average Bonchev–Trinajstić information content (AvgIpc) is 2.49. The molecule has 62 valence electrons. The fourth-order valence-electron chi connectivity index (χ4n) is 1.44. The number of aromatic nitrogens is 2. The van der Waals surface area contributed by atoms with Crippen molar-refractivity contribution in [2.45, 2.75) is 19.8 Å². The maximum absolute atomic E-state index is 4.17. The number of hydrogen-bond donors (Lipinski definition) is 0. The van der Waals surface area contributed by atoms with Crippen molar-refractivity contribution in [2.75, 3.05) is 0 Å². The van der Waals surface area contributed by atoms with Crippen LogP contribution >= 0.6 is 0 Å². The molecule has 2 aromatic heterocycles. The molecule has 0 aromatic carbocycles. The van der Waals surface area contributed by atoms with Crippen molar-refractivity contribution in [3.63, 3.8) is 0 Å². The van der Waals surface area contributed by atoms with Gasteiger partial charge < -0.3 is 4.40 Å². The van der Waals surface area contributed by atoms with Gasteiger partial charge in [0.25, 0.3) is 0 Å². The summed E-state index contributed by atoms with van der Waals surface area (Å²) >= 11 is 0. The van der Waals surface area contributed by atoms with Gasteiger partial charge in [-0.05, 0) is 23.6 Å². The Morgan fingerprint density at radius 3 is 3.00 bits per heavy atom. The summed E-state index contributed by atoms with van der Waals surface area (Å²) in [5, 5.41) is 0. The van der Waals surface area contributed by atoms with Gasteiger partial charge in [0.05, 0.1) is 11.8 Å². The highest BCUT2D eigenvalue weighted by Gasteiger charge is 2.03. The SMILES string of the molecule is CC(C)c1cncn2cccc12. The van der Waals surface area contributed by atoms with Gasteiger partial charge in [-0.2, -0.15) is 0 Å². The highest BCUT2D eigenvalue weighted by Crippen LogP contribution is 2.18. The maximum atomic E-state index is 4.17. The summed E-state index contributed by atoms with van der Waals surface area (Å²) in [4.78, 5) is 4.17. The number of nitrogens with zero attached hydrogens (tertiary/aromatic N) is 2. The largest absolute Gasteiger partial charge is 0.308 e. The minimum atomic E-state index is 0.538. The molecule has 0 aliphatic carbocycles. The average molecular weight is 160 g/mol. The van der Waals surface area contributed by atoms with E-state index in [-0.39, 0.29) is 0 Å². The van der Waals surface area contributed by atoms with Crippen LogP contribution in [0.2, 0.25) is 0 Å². The normalized spacial score (nSPS) is 11.2. The Kier molecular flexibility index (Phi) is 1.61. The molecule has 0 aliphatic heterocycles. The van der Waals surface area contributed by atoms with Gasteiger partial charge >= 0.3 is 0 Å². The minimum Gasteiger partial charge on any atom is -0.308 e. The Bertz CT molecular complexity index is 387. The van der Waals surface area contributed by atoms with E-state index in [0.29, 0.717) is 5.92 Å². The van der Waals surface area contributed by atoms with E-state index in [4.69, 9.17) is 0 Å². The zero-order valence-corrected chi connectivity index (χ0v) is 7.36. The van der Waals surface area contributed by atoms with Gasteiger partial charge in [0.15, 0.2) is 0 Å². The summed E-state index contributed by atoms with van der Waals surface area (Å²) in [6.07, 6.45) is 5.80. The lowest BCUT2D eigenvalue weighted by Crippen LogP contribution is -1.94. The van der Waals surface area contributed by atoms with Crippen LogP contribution in [0.15, 0.2) is 30.9 Å². The van der Waals surface area contributed by atoms with Crippen LogP contribution in [0.25, 0.3) is 5.52 Å². The number of fused-ring (bicyclic) bond motifs is 1. The fraction of sp³-hybridized carbons (Fsp3) is 0.300. The van der Waals surface area contributed by atoms with E-state index in [1.165, 1.54) is 11.1 Å². The summed E-state index contributed by atoms with van der Waals surface area (Å²) in [5.41, 5.74) is 2.57. The predicted octanol–water partition coefficient (Wildman–Crippen LogP) is 2.46. The second kappa shape index (κ2) is 2.63. The maximum Gasteiger partial charge on any atom is 0.0990 e. The quantitative estimate of drug-likeness (QED) is 0.626. The molecule has 2 rings (SSSR count). The molecule has 0 saturated heterocycles. The lowest BCUT2D eigenvalue weighted by molar-refractivity contribution is 0.853. The lowest BCUT2D eigenvalue weighted by Gasteiger charge is -2.06. The molecule has 0 bridgehead atoms. The number of hydrogen-bond acceptors (Lipinski definition) is 1. The smallest absolute Gasteiger partial charge is 0.0990 e. The molecule has 0 aliphatic rings. The molecular formula is C10H12N2. The summed E-state index contributed by atoms with van der Waals surface area (Å²) in [5.74, 6) is 0.538. The molecule has 2 heterocycles. The van der Waals surface area contributed by atoms with Crippen molar-refractivity contribution < 1.29 is 0 Å². The lowest BCUT2D eigenvalue weighted by atomic mass is 10.1. The van der Waals surface area contributed by atoms with Crippen molar-refractivity contribution in [3.05, 3.63) is 36.4 Å². The topological polar surface area (TPSA) is 17.3 Å². The van der Waals surface area contributed by atoms with E-state index < -0.39 is 0 Å². The molecule has 0 atom stereocenters. The van der Waals surface area contributed by atoms with Crippen molar-refractivity contribution >= 4 is 5.52 Å². The first kappa shape index (κ1) is 7.35. The molecule has 0 radical (unpaired) electrons. The van der Waals surface area contributed by atoms with E-state index in [1.54, 1.807) is 0 Å². The van der Waals surface area contributed by atoms with Gasteiger partial charge in [-0.15, -0.1) is 0 Å². The zero-order chi connectivity index (χ0) is 8.55. The summed E-state index contributed by atoms with van der Waals surface area (Å²) < 4.78 is 2.05. The van der Waals surface area contributed by atoms with E-state index >= 15 is 0 Å². The van der Waals surface area contributed by atoms with Gasteiger partial charge in [-0.25, -0.2) is 4.98 Å². The molecule has 0 unspecified atom stereocenters. The van der Waals surface area contributed by atoms with Gasteiger partial charge in [-0.1, -0.05) is 13.8 Å². The molecule has 2 heteroatoms. The van der Waals surface area contributed by atoms with Crippen LogP contribution in [0.5, 0.6) is 0 Å². The molecule has 2 aromatic rings. The minimum absolute atomic E-state index is 0.538. The van der Waals surface area contributed by atoms with Gasteiger partial charge in [0.1, 0.15) is 0 Å². The Labute approximate surface area is 71.9 Å². The Morgan fingerprint density at radius 2 is 2.25 bits per heavy atom. The second-order valence-corrected chi connectivity index (χ2v) is 3.30. The van der Waals surface area contributed by atoms with Crippen LogP contribution in [0.3, 0.4) is 0 Å². The predicted molar refractivity (Wildman–Crippen MR) is 49.3 cm³/mol. The van der Waals surface area contributed by atoms with Gasteiger partial charge in [0.2, 0.25) is 0 Å². The molecule has 0 saturated carbocycles. The van der Waals surface area contributed by atoms with Crippen LogP contribution in [0, 0.1) is 0 Å². The second-order valence-electron chi connectivity index (χ2n) is 3.30. The third-order valence-corrected chi connectivity index (χ3v) is 2.10. The molecule has 0 fully saturated rings. The summed E-state index contributed by atoms with van der Waals surface area (Å²) in [6, 6.07) is 4.17. The first-order valence-corrected chi connectivity index (χ1v) is 4.19. The van der Waals surface area contributed by atoms with E-state index in [0.717, 1.165) is 0 Å². The fourth-order valence-corrected chi connectivity index (χ4v) is 1.44. The monoisotopic (exact) mass is 160 g/mol. The first-order valence-electron chi connectivity index (χ1n) is 4.19. The number of rotatable bonds is 1. The Balaban J connectivity index is 2.73. The molecule has 2 nitrogen and oxygen atoms in total. The van der Waals surface area contributed by atoms with Crippen LogP contribution < -0.4 is 0 Å². The van der Waals surface area contributed by atoms with Gasteiger partial charge in [-0.3, -0.25) is 0 Å². The van der Waals surface area contributed by atoms with Crippen LogP contribution in [-0.2, 0) is 0 Å². The van der Waals surface area contributed by atoms with E-state index in [2.05, 4.69) is 29.3 Å². The molecule has 0 N–H and O–H groups in total. The third-order valence-electron chi connectivity index (χ3n) is 2.10. The third kappa shape index (κ3) is 0.998. The Hall–Kier alpha value is -1.31. The molecular weight excluding hydrogens is 148 g/mol. The molecule has 12 heavy (non-hydrogen) atoms. The van der Waals surface area contributed by atoms with Crippen molar-refractivity contribution in [1.82, 2.24) is 9.38 Å². The van der Waals surface area contributed by atoms with Gasteiger partial charge in [0, 0.05) is 12.4 Å². The summed E-state index contributed by atoms with van der Waals surface area (Å²) in [6.45, 7) is 4.37. The molecule has 0 amide bonds. The van der Waals surface area contributed by atoms with Crippen molar-refractivity contribution in [3.8, 4) is 0 Å². The first-order chi connectivity index (χ1) is 5.79. The Morgan fingerprint density at radius 1 is 1.42 bits per heavy atom. The van der Waals surface area contributed by atoms with Crippen molar-refractivity contribution in [2.24, 2.45) is 0 Å².